The molecule has 2 rings (SSSR count). The van der Waals surface area contributed by atoms with Gasteiger partial charge in [0.2, 0.25) is 0 Å². The van der Waals surface area contributed by atoms with Crippen LogP contribution in [0.5, 0.6) is 0 Å². The van der Waals surface area contributed by atoms with E-state index in [4.69, 9.17) is 11.6 Å². The van der Waals surface area contributed by atoms with Crippen molar-refractivity contribution in [1.29, 1.82) is 0 Å². The zero-order chi connectivity index (χ0) is 13.8. The third-order valence-corrected chi connectivity index (χ3v) is 4.32. The summed E-state index contributed by atoms with van der Waals surface area (Å²) in [5.41, 5.74) is 3.85. The van der Waals surface area contributed by atoms with Gasteiger partial charge in [0.15, 0.2) is 0 Å². The minimum Gasteiger partial charge on any atom is -0.117 e. The summed E-state index contributed by atoms with van der Waals surface area (Å²) in [7, 11) is 0. The maximum atomic E-state index is 6.62. The zero-order valence-electron chi connectivity index (χ0n) is 11.8. The number of rotatable bonds is 4. The highest BCUT2D eigenvalue weighted by Gasteiger charge is 2.18. The Morgan fingerprint density at radius 3 is 1.74 bits per heavy atom. The van der Waals surface area contributed by atoms with Crippen molar-refractivity contribution in [1.82, 2.24) is 0 Å². The van der Waals surface area contributed by atoms with Gasteiger partial charge in [-0.1, -0.05) is 75.4 Å². The second-order valence-electron chi connectivity index (χ2n) is 5.42. The summed E-state index contributed by atoms with van der Waals surface area (Å²) in [6.45, 7) is 6.60. The van der Waals surface area contributed by atoms with Gasteiger partial charge in [-0.15, -0.1) is 11.6 Å². The lowest BCUT2D eigenvalue weighted by Crippen LogP contribution is -2.02. The van der Waals surface area contributed by atoms with Gasteiger partial charge in [0.05, 0.1) is 5.38 Å². The van der Waals surface area contributed by atoms with Gasteiger partial charge in [0.1, 0.15) is 0 Å². The predicted octanol–water partition coefficient (Wildman–Crippen LogP) is 5.89. The van der Waals surface area contributed by atoms with Crippen LogP contribution in [0.25, 0.3) is 0 Å². The molecule has 0 spiro atoms. The fourth-order valence-corrected chi connectivity index (χ4v) is 2.57. The van der Waals surface area contributed by atoms with Crippen LogP contribution in [-0.4, -0.2) is 0 Å². The Hall–Kier alpha value is -1.27. The van der Waals surface area contributed by atoms with E-state index in [2.05, 4.69) is 69.3 Å². The first-order valence-electron chi connectivity index (χ1n) is 6.88. The van der Waals surface area contributed by atoms with Crippen molar-refractivity contribution in [2.45, 2.75) is 38.0 Å². The van der Waals surface area contributed by atoms with Gasteiger partial charge in [0, 0.05) is 5.92 Å². The maximum absolute atomic E-state index is 6.62. The highest BCUT2D eigenvalue weighted by Crippen LogP contribution is 2.36. The Bertz CT molecular complexity index is 499. The lowest BCUT2D eigenvalue weighted by atomic mass is 9.92. The van der Waals surface area contributed by atoms with Crippen molar-refractivity contribution in [3.8, 4) is 0 Å². The highest BCUT2D eigenvalue weighted by atomic mass is 35.5. The summed E-state index contributed by atoms with van der Waals surface area (Å²) in [6, 6.07) is 19.1. The van der Waals surface area contributed by atoms with Gasteiger partial charge in [-0.3, -0.25) is 0 Å². The van der Waals surface area contributed by atoms with E-state index < -0.39 is 0 Å². The van der Waals surface area contributed by atoms with Gasteiger partial charge in [-0.2, -0.15) is 0 Å². The topological polar surface area (TPSA) is 0 Å². The van der Waals surface area contributed by atoms with E-state index in [1.54, 1.807) is 0 Å². The minimum absolute atomic E-state index is 0.0172. The van der Waals surface area contributed by atoms with E-state index in [1.165, 1.54) is 16.7 Å². The third kappa shape index (κ3) is 3.39. The minimum atomic E-state index is 0.0172. The van der Waals surface area contributed by atoms with Crippen LogP contribution in [0.3, 0.4) is 0 Å². The van der Waals surface area contributed by atoms with Crippen LogP contribution in [-0.2, 0) is 0 Å². The maximum Gasteiger partial charge on any atom is 0.0651 e. The SMILES string of the molecule is CC(C)c1ccc(C(Cl)C(C)c2ccccc2)cc1. The summed E-state index contributed by atoms with van der Waals surface area (Å²) >= 11 is 6.62. The quantitative estimate of drug-likeness (QED) is 0.609. The van der Waals surface area contributed by atoms with Crippen molar-refractivity contribution >= 4 is 11.6 Å². The van der Waals surface area contributed by atoms with Crippen LogP contribution < -0.4 is 0 Å². The summed E-state index contributed by atoms with van der Waals surface area (Å²) in [4.78, 5) is 0. The average molecular weight is 273 g/mol. The third-order valence-electron chi connectivity index (χ3n) is 3.69. The molecule has 2 unspecified atom stereocenters. The molecule has 100 valence electrons. The number of alkyl halides is 1. The summed E-state index contributed by atoms with van der Waals surface area (Å²) in [5, 5.41) is 0.0172. The van der Waals surface area contributed by atoms with E-state index in [0.29, 0.717) is 11.8 Å². The molecule has 0 fully saturated rings. The van der Waals surface area contributed by atoms with Crippen LogP contribution in [0.4, 0.5) is 0 Å². The van der Waals surface area contributed by atoms with Crippen LogP contribution in [0, 0.1) is 0 Å². The first kappa shape index (κ1) is 14.1. The Labute approximate surface area is 121 Å². The van der Waals surface area contributed by atoms with Gasteiger partial charge < -0.3 is 0 Å². The molecule has 0 aliphatic heterocycles. The molecule has 0 saturated carbocycles. The van der Waals surface area contributed by atoms with Gasteiger partial charge >= 0.3 is 0 Å². The largest absolute Gasteiger partial charge is 0.117 e. The standard InChI is InChI=1S/C18H21Cl/c1-13(2)15-9-11-17(12-10-15)18(19)14(3)16-7-5-4-6-8-16/h4-14,18H,1-3H3. The van der Waals surface area contributed by atoms with Crippen molar-refractivity contribution in [3.05, 3.63) is 71.3 Å². The van der Waals surface area contributed by atoms with E-state index in [-0.39, 0.29) is 5.38 Å². The van der Waals surface area contributed by atoms with E-state index in [1.807, 2.05) is 6.07 Å². The van der Waals surface area contributed by atoms with Gasteiger partial charge in [0.25, 0.3) is 0 Å². The summed E-state index contributed by atoms with van der Waals surface area (Å²) < 4.78 is 0. The predicted molar refractivity (Wildman–Crippen MR) is 84.0 cm³/mol. The van der Waals surface area contributed by atoms with Crippen molar-refractivity contribution < 1.29 is 0 Å². The van der Waals surface area contributed by atoms with Crippen LogP contribution >= 0.6 is 11.6 Å². The molecule has 0 aromatic heterocycles. The molecular formula is C18H21Cl. The monoisotopic (exact) mass is 272 g/mol. The van der Waals surface area contributed by atoms with E-state index >= 15 is 0 Å². The fraction of sp³-hybridized carbons (Fsp3) is 0.333. The van der Waals surface area contributed by atoms with Gasteiger partial charge in [-0.25, -0.2) is 0 Å². The average Bonchev–Trinajstić information content (AvgIpc) is 2.46. The lowest BCUT2D eigenvalue weighted by Gasteiger charge is -2.19. The second-order valence-corrected chi connectivity index (χ2v) is 5.89. The fourth-order valence-electron chi connectivity index (χ4n) is 2.28. The number of hydrogen-bond acceptors (Lipinski definition) is 0. The molecule has 1 heteroatoms. The van der Waals surface area contributed by atoms with Crippen LogP contribution in [0.1, 0.15) is 54.7 Å². The molecule has 0 heterocycles. The number of benzene rings is 2. The first-order chi connectivity index (χ1) is 9.09. The number of hydrogen-bond donors (Lipinski definition) is 0. The zero-order valence-corrected chi connectivity index (χ0v) is 12.6. The van der Waals surface area contributed by atoms with Gasteiger partial charge in [-0.05, 0) is 22.6 Å². The molecule has 0 amide bonds. The van der Waals surface area contributed by atoms with Crippen molar-refractivity contribution in [2.24, 2.45) is 0 Å². The van der Waals surface area contributed by atoms with E-state index in [9.17, 15) is 0 Å². The van der Waals surface area contributed by atoms with Crippen molar-refractivity contribution in [3.63, 3.8) is 0 Å². The second kappa shape index (κ2) is 6.25. The Balaban J connectivity index is 2.17. The lowest BCUT2D eigenvalue weighted by molar-refractivity contribution is 0.731. The molecule has 0 aliphatic rings. The molecule has 19 heavy (non-hydrogen) atoms. The molecular weight excluding hydrogens is 252 g/mol. The normalized spacial score (nSPS) is 14.4. The van der Waals surface area contributed by atoms with E-state index in [0.717, 1.165) is 0 Å². The molecule has 0 aliphatic carbocycles. The molecule has 2 aromatic rings. The first-order valence-corrected chi connectivity index (χ1v) is 7.32. The molecule has 0 saturated heterocycles. The van der Waals surface area contributed by atoms with Crippen molar-refractivity contribution in [2.75, 3.05) is 0 Å². The Morgan fingerprint density at radius 1 is 0.684 bits per heavy atom. The number of halogens is 1. The van der Waals surface area contributed by atoms with Crippen LogP contribution in [0.15, 0.2) is 54.6 Å². The summed E-state index contributed by atoms with van der Waals surface area (Å²) in [6.07, 6.45) is 0. The van der Waals surface area contributed by atoms with Crippen LogP contribution in [0.2, 0.25) is 0 Å². The Kier molecular flexibility index (Phi) is 4.66. The molecule has 0 bridgehead atoms. The smallest absolute Gasteiger partial charge is 0.0651 e. The molecule has 0 N–H and O–H groups in total. The molecule has 0 radical (unpaired) electrons. The Morgan fingerprint density at radius 2 is 1.21 bits per heavy atom. The highest BCUT2D eigenvalue weighted by molar-refractivity contribution is 6.21. The molecule has 2 aromatic carbocycles. The molecule has 2 atom stereocenters. The molecule has 0 nitrogen and oxygen atoms in total. The summed E-state index contributed by atoms with van der Waals surface area (Å²) in [5.74, 6) is 0.877.